The van der Waals surface area contributed by atoms with E-state index in [4.69, 9.17) is 9.47 Å². The predicted molar refractivity (Wildman–Crippen MR) is 115 cm³/mol. The van der Waals surface area contributed by atoms with Gasteiger partial charge in [0.1, 0.15) is 6.10 Å². The van der Waals surface area contributed by atoms with Gasteiger partial charge in [-0.1, -0.05) is 24.3 Å². The Balaban J connectivity index is 1.94. The summed E-state index contributed by atoms with van der Waals surface area (Å²) in [6.45, 7) is 5.67. The van der Waals surface area contributed by atoms with Gasteiger partial charge in [0.05, 0.1) is 25.1 Å². The third kappa shape index (κ3) is 7.30. The molecule has 0 saturated heterocycles. The SMILES string of the molecule is CCNC(=NCc1ccc(S(C)(=O)=O)cc1)NCC(C)Oc1ccccc1OC. The van der Waals surface area contributed by atoms with E-state index in [1.807, 2.05) is 38.1 Å². The Morgan fingerprint density at radius 2 is 1.72 bits per heavy atom. The highest BCUT2D eigenvalue weighted by molar-refractivity contribution is 7.90. The first-order valence-electron chi connectivity index (χ1n) is 9.44. The van der Waals surface area contributed by atoms with Crippen molar-refractivity contribution in [2.24, 2.45) is 4.99 Å². The highest BCUT2D eigenvalue weighted by Crippen LogP contribution is 2.26. The van der Waals surface area contributed by atoms with Crippen molar-refractivity contribution in [3.05, 3.63) is 54.1 Å². The van der Waals surface area contributed by atoms with Crippen LogP contribution in [0.5, 0.6) is 11.5 Å². The van der Waals surface area contributed by atoms with Crippen molar-refractivity contribution < 1.29 is 17.9 Å². The summed E-state index contributed by atoms with van der Waals surface area (Å²) >= 11 is 0. The van der Waals surface area contributed by atoms with Gasteiger partial charge in [0.15, 0.2) is 27.3 Å². The molecule has 0 heterocycles. The van der Waals surface area contributed by atoms with Crippen molar-refractivity contribution in [3.8, 4) is 11.5 Å². The summed E-state index contributed by atoms with van der Waals surface area (Å²) in [6, 6.07) is 14.3. The van der Waals surface area contributed by atoms with Crippen LogP contribution in [0.15, 0.2) is 58.4 Å². The lowest BCUT2D eigenvalue weighted by atomic mass is 10.2. The van der Waals surface area contributed by atoms with E-state index in [9.17, 15) is 8.42 Å². The van der Waals surface area contributed by atoms with Crippen LogP contribution in [0.2, 0.25) is 0 Å². The maximum Gasteiger partial charge on any atom is 0.191 e. The number of hydrogen-bond acceptors (Lipinski definition) is 5. The number of nitrogens with one attached hydrogen (secondary N) is 2. The molecule has 2 rings (SSSR count). The van der Waals surface area contributed by atoms with Gasteiger partial charge in [0.2, 0.25) is 0 Å². The molecule has 7 nitrogen and oxygen atoms in total. The maximum absolute atomic E-state index is 11.5. The van der Waals surface area contributed by atoms with Crippen LogP contribution in [0, 0.1) is 0 Å². The summed E-state index contributed by atoms with van der Waals surface area (Å²) in [6.07, 6.45) is 1.09. The lowest BCUT2D eigenvalue weighted by Gasteiger charge is -2.19. The molecule has 0 saturated carbocycles. The number of rotatable bonds is 9. The molecule has 2 aromatic carbocycles. The van der Waals surface area contributed by atoms with Crippen molar-refractivity contribution in [1.29, 1.82) is 0 Å². The summed E-state index contributed by atoms with van der Waals surface area (Å²) in [4.78, 5) is 4.86. The second-order valence-electron chi connectivity index (χ2n) is 6.57. The Bertz CT molecular complexity index is 912. The fraction of sp³-hybridized carbons (Fsp3) is 0.381. The highest BCUT2D eigenvalue weighted by atomic mass is 32.2. The van der Waals surface area contributed by atoms with E-state index >= 15 is 0 Å². The third-order valence-electron chi connectivity index (χ3n) is 4.07. The molecule has 1 atom stereocenters. The van der Waals surface area contributed by atoms with E-state index in [1.165, 1.54) is 6.26 Å². The number of para-hydroxylation sites is 2. The summed E-state index contributed by atoms with van der Waals surface area (Å²) < 4.78 is 34.4. The zero-order valence-corrected chi connectivity index (χ0v) is 18.1. The zero-order valence-electron chi connectivity index (χ0n) is 17.3. The van der Waals surface area contributed by atoms with Crippen LogP contribution >= 0.6 is 0 Å². The first-order valence-corrected chi connectivity index (χ1v) is 11.3. The van der Waals surface area contributed by atoms with Crippen LogP contribution < -0.4 is 20.1 Å². The van der Waals surface area contributed by atoms with Crippen molar-refractivity contribution in [2.45, 2.75) is 31.4 Å². The average Bonchev–Trinajstić information content (AvgIpc) is 2.70. The highest BCUT2D eigenvalue weighted by Gasteiger charge is 2.10. The third-order valence-corrected chi connectivity index (χ3v) is 5.20. The number of aliphatic imine (C=N–C) groups is 1. The Hall–Kier alpha value is -2.74. The predicted octanol–water partition coefficient (Wildman–Crippen LogP) is 2.62. The summed E-state index contributed by atoms with van der Waals surface area (Å²) in [5.74, 6) is 2.05. The van der Waals surface area contributed by atoms with Crippen LogP contribution in [-0.2, 0) is 16.4 Å². The number of hydrogen-bond donors (Lipinski definition) is 2. The molecule has 0 aliphatic heterocycles. The minimum absolute atomic E-state index is 0.107. The first-order chi connectivity index (χ1) is 13.8. The van der Waals surface area contributed by atoms with Gasteiger partial charge in [-0.15, -0.1) is 0 Å². The number of ether oxygens (including phenoxy) is 2. The first kappa shape index (κ1) is 22.5. The van der Waals surface area contributed by atoms with Crippen LogP contribution in [0.1, 0.15) is 19.4 Å². The molecule has 0 aliphatic carbocycles. The monoisotopic (exact) mass is 419 g/mol. The molecule has 0 fully saturated rings. The largest absolute Gasteiger partial charge is 0.493 e. The molecular weight excluding hydrogens is 390 g/mol. The molecule has 0 amide bonds. The van der Waals surface area contributed by atoms with E-state index in [0.717, 1.165) is 12.1 Å². The lowest BCUT2D eigenvalue weighted by molar-refractivity contribution is 0.213. The van der Waals surface area contributed by atoms with Gasteiger partial charge in [0.25, 0.3) is 0 Å². The van der Waals surface area contributed by atoms with Crippen LogP contribution in [0.25, 0.3) is 0 Å². The van der Waals surface area contributed by atoms with E-state index in [-0.39, 0.29) is 6.10 Å². The quantitative estimate of drug-likeness (QED) is 0.480. The van der Waals surface area contributed by atoms with E-state index in [0.29, 0.717) is 35.4 Å². The molecule has 2 N–H and O–H groups in total. The Kier molecular flexibility index (Phi) is 8.33. The molecule has 158 valence electrons. The number of nitrogens with zero attached hydrogens (tertiary/aromatic N) is 1. The van der Waals surface area contributed by atoms with Crippen LogP contribution in [-0.4, -0.2) is 46.9 Å². The maximum atomic E-state index is 11.5. The number of methoxy groups -OCH3 is 1. The van der Waals surface area contributed by atoms with Gasteiger partial charge in [-0.25, -0.2) is 13.4 Å². The van der Waals surface area contributed by atoms with Gasteiger partial charge >= 0.3 is 0 Å². The van der Waals surface area contributed by atoms with Gasteiger partial charge in [0, 0.05) is 12.8 Å². The molecule has 0 bridgehead atoms. The van der Waals surface area contributed by atoms with Crippen LogP contribution in [0.4, 0.5) is 0 Å². The molecule has 0 aromatic heterocycles. The molecule has 2 aromatic rings. The van der Waals surface area contributed by atoms with E-state index in [1.54, 1.807) is 31.4 Å². The standard InChI is InChI=1S/C21H29N3O4S/c1-5-22-21(24-15-17-10-12-18(13-11-17)29(4,25)26)23-14-16(2)28-20-9-7-6-8-19(20)27-3/h6-13,16H,5,14-15H2,1-4H3,(H2,22,23,24). The fourth-order valence-electron chi connectivity index (χ4n) is 2.57. The molecule has 8 heteroatoms. The zero-order chi connectivity index (χ0) is 21.3. The van der Waals surface area contributed by atoms with Gasteiger partial charge in [-0.3, -0.25) is 0 Å². The lowest BCUT2D eigenvalue weighted by Crippen LogP contribution is -2.41. The topological polar surface area (TPSA) is 89.0 Å². The van der Waals surface area contributed by atoms with Crippen molar-refractivity contribution in [1.82, 2.24) is 10.6 Å². The molecule has 0 aliphatic rings. The Morgan fingerprint density at radius 1 is 1.07 bits per heavy atom. The number of guanidine groups is 1. The van der Waals surface area contributed by atoms with Gasteiger partial charge in [-0.2, -0.15) is 0 Å². The number of sulfone groups is 1. The normalized spacial score (nSPS) is 12.9. The Morgan fingerprint density at radius 3 is 2.31 bits per heavy atom. The second-order valence-corrected chi connectivity index (χ2v) is 8.59. The summed E-state index contributed by atoms with van der Waals surface area (Å²) in [7, 11) is -1.58. The van der Waals surface area contributed by atoms with Gasteiger partial charge < -0.3 is 20.1 Å². The van der Waals surface area contributed by atoms with Crippen molar-refractivity contribution in [2.75, 3.05) is 26.5 Å². The average molecular weight is 420 g/mol. The van der Waals surface area contributed by atoms with Crippen molar-refractivity contribution >= 4 is 15.8 Å². The second kappa shape index (κ2) is 10.7. The molecular formula is C21H29N3O4S. The Labute approximate surface area is 173 Å². The van der Waals surface area contributed by atoms with E-state index in [2.05, 4.69) is 15.6 Å². The molecule has 1 unspecified atom stereocenters. The summed E-state index contributed by atoms with van der Waals surface area (Å²) in [5, 5.41) is 6.45. The van der Waals surface area contributed by atoms with Crippen molar-refractivity contribution in [3.63, 3.8) is 0 Å². The number of benzene rings is 2. The van der Waals surface area contributed by atoms with Crippen LogP contribution in [0.3, 0.4) is 0 Å². The smallest absolute Gasteiger partial charge is 0.191 e. The molecule has 0 radical (unpaired) electrons. The minimum Gasteiger partial charge on any atom is -0.493 e. The van der Waals surface area contributed by atoms with Gasteiger partial charge in [-0.05, 0) is 43.7 Å². The fourth-order valence-corrected chi connectivity index (χ4v) is 3.20. The minimum atomic E-state index is -3.19. The summed E-state index contributed by atoms with van der Waals surface area (Å²) in [5.41, 5.74) is 0.924. The van der Waals surface area contributed by atoms with E-state index < -0.39 is 9.84 Å². The molecule has 0 spiro atoms. The molecule has 29 heavy (non-hydrogen) atoms.